The van der Waals surface area contributed by atoms with Gasteiger partial charge >= 0.3 is 0 Å². The van der Waals surface area contributed by atoms with E-state index in [0.717, 1.165) is 18.7 Å². The largest absolute Gasteiger partial charge is 0.494 e. The Morgan fingerprint density at radius 2 is 2.10 bits per heavy atom. The molecule has 1 N–H and O–H groups in total. The third-order valence-electron chi connectivity index (χ3n) is 3.25. The second kappa shape index (κ2) is 7.46. The lowest BCUT2D eigenvalue weighted by atomic mass is 9.98. The predicted molar refractivity (Wildman–Crippen MR) is 86.8 cm³/mol. The van der Waals surface area contributed by atoms with Gasteiger partial charge in [-0.1, -0.05) is 24.6 Å². The van der Waals surface area contributed by atoms with E-state index in [1.54, 1.807) is 11.3 Å². The van der Waals surface area contributed by atoms with Gasteiger partial charge in [0, 0.05) is 5.56 Å². The lowest BCUT2D eigenvalue weighted by molar-refractivity contribution is 0.333. The molecule has 108 valence electrons. The Bertz CT molecular complexity index is 522. The van der Waals surface area contributed by atoms with Crippen molar-refractivity contribution in [3.05, 3.63) is 51.7 Å². The second-order valence-corrected chi connectivity index (χ2v) is 5.70. The SMILES string of the molecule is CCCNC(c1ccsc1)c1cc(C)ccc1OCC. The van der Waals surface area contributed by atoms with E-state index in [2.05, 4.69) is 54.2 Å². The first-order valence-corrected chi connectivity index (χ1v) is 8.19. The second-order valence-electron chi connectivity index (χ2n) is 4.92. The average molecular weight is 289 g/mol. The lowest BCUT2D eigenvalue weighted by Gasteiger charge is -2.21. The van der Waals surface area contributed by atoms with Crippen LogP contribution in [0.3, 0.4) is 0 Å². The molecule has 20 heavy (non-hydrogen) atoms. The third kappa shape index (κ3) is 3.62. The van der Waals surface area contributed by atoms with Crippen molar-refractivity contribution in [1.29, 1.82) is 0 Å². The molecule has 2 nitrogen and oxygen atoms in total. The number of rotatable bonds is 7. The van der Waals surface area contributed by atoms with Gasteiger partial charge in [-0.25, -0.2) is 0 Å². The Hall–Kier alpha value is -1.32. The summed E-state index contributed by atoms with van der Waals surface area (Å²) in [6, 6.07) is 8.83. The molecule has 0 radical (unpaired) electrons. The van der Waals surface area contributed by atoms with Crippen LogP contribution in [0.2, 0.25) is 0 Å². The number of ether oxygens (including phenoxy) is 1. The van der Waals surface area contributed by atoms with E-state index >= 15 is 0 Å². The zero-order valence-corrected chi connectivity index (χ0v) is 13.3. The summed E-state index contributed by atoms with van der Waals surface area (Å²) in [5.41, 5.74) is 3.82. The van der Waals surface area contributed by atoms with Crippen molar-refractivity contribution in [2.75, 3.05) is 13.2 Å². The van der Waals surface area contributed by atoms with Gasteiger partial charge in [0.1, 0.15) is 5.75 Å². The molecule has 0 saturated carbocycles. The van der Waals surface area contributed by atoms with Gasteiger partial charge in [-0.3, -0.25) is 0 Å². The average Bonchev–Trinajstić information content (AvgIpc) is 2.96. The third-order valence-corrected chi connectivity index (χ3v) is 3.95. The van der Waals surface area contributed by atoms with Gasteiger partial charge in [-0.05, 0) is 55.3 Å². The first kappa shape index (κ1) is 15.1. The van der Waals surface area contributed by atoms with Crippen molar-refractivity contribution in [2.24, 2.45) is 0 Å². The van der Waals surface area contributed by atoms with Gasteiger partial charge in [-0.15, -0.1) is 0 Å². The molecule has 0 aliphatic rings. The van der Waals surface area contributed by atoms with Crippen LogP contribution in [0.5, 0.6) is 5.75 Å². The van der Waals surface area contributed by atoms with E-state index in [1.165, 1.54) is 16.7 Å². The van der Waals surface area contributed by atoms with Gasteiger partial charge in [0.2, 0.25) is 0 Å². The van der Waals surface area contributed by atoms with Crippen LogP contribution >= 0.6 is 11.3 Å². The summed E-state index contributed by atoms with van der Waals surface area (Å²) in [5.74, 6) is 0.984. The fraction of sp³-hybridized carbons (Fsp3) is 0.412. The molecule has 1 aromatic heterocycles. The molecule has 3 heteroatoms. The van der Waals surface area contributed by atoms with Crippen LogP contribution in [0.25, 0.3) is 0 Å². The number of thiophene rings is 1. The molecule has 0 fully saturated rings. The molecule has 0 aliphatic heterocycles. The summed E-state index contributed by atoms with van der Waals surface area (Å²) in [6.07, 6.45) is 1.12. The Morgan fingerprint density at radius 3 is 2.75 bits per heavy atom. The van der Waals surface area contributed by atoms with E-state index in [1.807, 2.05) is 6.92 Å². The molecule has 0 amide bonds. The van der Waals surface area contributed by atoms with E-state index in [9.17, 15) is 0 Å². The summed E-state index contributed by atoms with van der Waals surface area (Å²) < 4.78 is 5.81. The highest BCUT2D eigenvalue weighted by Gasteiger charge is 2.18. The van der Waals surface area contributed by atoms with Crippen molar-refractivity contribution in [1.82, 2.24) is 5.32 Å². The molecule has 1 aromatic carbocycles. The first-order valence-electron chi connectivity index (χ1n) is 7.25. The van der Waals surface area contributed by atoms with Crippen molar-refractivity contribution in [3.8, 4) is 5.75 Å². The van der Waals surface area contributed by atoms with Crippen LogP contribution in [0.4, 0.5) is 0 Å². The lowest BCUT2D eigenvalue weighted by Crippen LogP contribution is -2.23. The summed E-state index contributed by atoms with van der Waals surface area (Å²) in [7, 11) is 0. The molecular weight excluding hydrogens is 266 g/mol. The van der Waals surface area contributed by atoms with Crippen molar-refractivity contribution in [2.45, 2.75) is 33.2 Å². The molecular formula is C17H23NOS. The van der Waals surface area contributed by atoms with Crippen molar-refractivity contribution < 1.29 is 4.74 Å². The molecule has 1 heterocycles. The Morgan fingerprint density at radius 1 is 1.25 bits per heavy atom. The monoisotopic (exact) mass is 289 g/mol. The Balaban J connectivity index is 2.39. The van der Waals surface area contributed by atoms with Crippen molar-refractivity contribution in [3.63, 3.8) is 0 Å². The molecule has 2 aromatic rings. The standard InChI is InChI=1S/C17H23NOS/c1-4-9-18-17(14-8-10-20-12-14)15-11-13(3)6-7-16(15)19-5-2/h6-8,10-12,17-18H,4-5,9H2,1-3H3. The minimum atomic E-state index is 0.211. The van der Waals surface area contributed by atoms with Crippen LogP contribution in [0.15, 0.2) is 35.0 Å². The van der Waals surface area contributed by atoms with Crippen LogP contribution in [0.1, 0.15) is 43.0 Å². The van der Waals surface area contributed by atoms with E-state index in [-0.39, 0.29) is 6.04 Å². The Labute approximate surface area is 125 Å². The topological polar surface area (TPSA) is 21.3 Å². The maximum absolute atomic E-state index is 5.81. The van der Waals surface area contributed by atoms with Gasteiger partial charge < -0.3 is 10.1 Å². The molecule has 0 bridgehead atoms. The highest BCUT2D eigenvalue weighted by atomic mass is 32.1. The quantitative estimate of drug-likeness (QED) is 0.807. The normalized spacial score (nSPS) is 12.3. The molecule has 2 rings (SSSR count). The number of nitrogens with one attached hydrogen (secondary N) is 1. The number of hydrogen-bond donors (Lipinski definition) is 1. The van der Waals surface area contributed by atoms with Crippen molar-refractivity contribution >= 4 is 11.3 Å². The Kier molecular flexibility index (Phi) is 5.62. The molecule has 0 aliphatic carbocycles. The fourth-order valence-corrected chi connectivity index (χ4v) is 3.00. The van der Waals surface area contributed by atoms with Gasteiger partial charge in [0.05, 0.1) is 12.6 Å². The van der Waals surface area contributed by atoms with E-state index in [0.29, 0.717) is 6.61 Å². The first-order chi connectivity index (χ1) is 9.76. The fourth-order valence-electron chi connectivity index (χ4n) is 2.32. The summed E-state index contributed by atoms with van der Waals surface area (Å²) in [6.45, 7) is 8.05. The molecule has 0 saturated heterocycles. The van der Waals surface area contributed by atoms with Crippen LogP contribution in [0, 0.1) is 6.92 Å². The minimum Gasteiger partial charge on any atom is -0.494 e. The molecule has 1 unspecified atom stereocenters. The summed E-state index contributed by atoms with van der Waals surface area (Å²) in [4.78, 5) is 0. The van der Waals surface area contributed by atoms with Gasteiger partial charge in [0.25, 0.3) is 0 Å². The highest BCUT2D eigenvalue weighted by molar-refractivity contribution is 7.08. The summed E-state index contributed by atoms with van der Waals surface area (Å²) in [5, 5.41) is 7.99. The molecule has 0 spiro atoms. The minimum absolute atomic E-state index is 0.211. The molecule has 1 atom stereocenters. The highest BCUT2D eigenvalue weighted by Crippen LogP contribution is 2.32. The van der Waals surface area contributed by atoms with Crippen LogP contribution < -0.4 is 10.1 Å². The van der Waals surface area contributed by atoms with Gasteiger partial charge in [0.15, 0.2) is 0 Å². The van der Waals surface area contributed by atoms with Gasteiger partial charge in [-0.2, -0.15) is 11.3 Å². The van der Waals surface area contributed by atoms with E-state index in [4.69, 9.17) is 4.74 Å². The number of benzene rings is 1. The predicted octanol–water partition coefficient (Wildman–Crippen LogP) is 4.54. The maximum atomic E-state index is 5.81. The smallest absolute Gasteiger partial charge is 0.124 e. The van der Waals surface area contributed by atoms with E-state index < -0.39 is 0 Å². The number of hydrogen-bond acceptors (Lipinski definition) is 3. The van der Waals surface area contributed by atoms with Crippen LogP contribution in [-0.2, 0) is 0 Å². The maximum Gasteiger partial charge on any atom is 0.124 e. The zero-order chi connectivity index (χ0) is 14.4. The zero-order valence-electron chi connectivity index (χ0n) is 12.5. The number of aryl methyl sites for hydroxylation is 1. The summed E-state index contributed by atoms with van der Waals surface area (Å²) >= 11 is 1.74. The van der Waals surface area contributed by atoms with Crippen LogP contribution in [-0.4, -0.2) is 13.2 Å².